The van der Waals surface area contributed by atoms with Crippen LogP contribution in [0.15, 0.2) is 53.4 Å². The number of amides is 2. The number of nitrogens with two attached hydrogens (primary N) is 1. The minimum Gasteiger partial charge on any atom is -0.369 e. The van der Waals surface area contributed by atoms with Crippen molar-refractivity contribution in [2.75, 3.05) is 44.2 Å². The van der Waals surface area contributed by atoms with E-state index in [-0.39, 0.29) is 29.7 Å². The molecule has 2 aliphatic heterocycles. The summed E-state index contributed by atoms with van der Waals surface area (Å²) in [5.74, 6) is 0.756. The fraction of sp³-hybridized carbons (Fsp3) is 0.407. The third kappa shape index (κ3) is 5.34. The number of fused-ring (bicyclic) bond motifs is 1. The lowest BCUT2D eigenvalue weighted by Gasteiger charge is -2.39. The Balaban J connectivity index is 1.23. The minimum atomic E-state index is -3.75. The maximum Gasteiger partial charge on any atom is 0.243 e. The van der Waals surface area contributed by atoms with Gasteiger partial charge in [-0.25, -0.2) is 18.4 Å². The van der Waals surface area contributed by atoms with Gasteiger partial charge in [0, 0.05) is 44.7 Å². The standard InChI is InChI=1S/C27H32N6O4S/c1-19-29-24-7-3-2-6-23(24)26(30-19)31-13-15-32(16-14-31)27(35)21-5-4-12-33(18-21)38(36,37)22-10-8-20(9-11-22)17-25(28)34/h2-3,6-11,21H,4-5,12-18H2,1H3,(H2,28,34). The van der Waals surface area contributed by atoms with Crippen LogP contribution in [-0.2, 0) is 26.0 Å². The van der Waals surface area contributed by atoms with E-state index < -0.39 is 15.9 Å². The Bertz CT molecular complexity index is 1450. The fourth-order valence-corrected chi connectivity index (χ4v) is 6.83. The molecule has 1 atom stereocenters. The lowest BCUT2D eigenvalue weighted by molar-refractivity contribution is -0.137. The number of hydrogen-bond acceptors (Lipinski definition) is 7. The number of piperazine rings is 1. The van der Waals surface area contributed by atoms with Gasteiger partial charge in [-0.15, -0.1) is 0 Å². The summed E-state index contributed by atoms with van der Waals surface area (Å²) in [6, 6.07) is 14.1. The molecule has 2 saturated heterocycles. The Hall–Kier alpha value is -3.57. The Morgan fingerprint density at radius 1 is 0.974 bits per heavy atom. The predicted molar refractivity (Wildman–Crippen MR) is 144 cm³/mol. The zero-order valence-electron chi connectivity index (χ0n) is 21.4. The first-order valence-corrected chi connectivity index (χ1v) is 14.3. The number of hydrogen-bond donors (Lipinski definition) is 1. The molecule has 0 bridgehead atoms. The Labute approximate surface area is 222 Å². The van der Waals surface area contributed by atoms with Crippen LogP contribution in [0.4, 0.5) is 5.82 Å². The first-order valence-electron chi connectivity index (χ1n) is 12.9. The number of para-hydroxylation sites is 1. The molecule has 1 unspecified atom stereocenters. The molecule has 2 fully saturated rings. The van der Waals surface area contributed by atoms with E-state index in [1.807, 2.05) is 36.1 Å². The number of benzene rings is 2. The van der Waals surface area contributed by atoms with Crippen LogP contribution in [0.5, 0.6) is 0 Å². The van der Waals surface area contributed by atoms with Gasteiger partial charge in [0.05, 0.1) is 22.8 Å². The van der Waals surface area contributed by atoms with Crippen LogP contribution in [0.3, 0.4) is 0 Å². The number of carbonyl (C=O) groups is 2. The van der Waals surface area contributed by atoms with Crippen LogP contribution in [0, 0.1) is 12.8 Å². The van der Waals surface area contributed by atoms with Gasteiger partial charge in [-0.3, -0.25) is 9.59 Å². The molecule has 2 aromatic carbocycles. The highest BCUT2D eigenvalue weighted by molar-refractivity contribution is 7.89. The van der Waals surface area contributed by atoms with Crippen LogP contribution < -0.4 is 10.6 Å². The summed E-state index contributed by atoms with van der Waals surface area (Å²) >= 11 is 0. The van der Waals surface area contributed by atoms with Gasteiger partial charge < -0.3 is 15.5 Å². The predicted octanol–water partition coefficient (Wildman–Crippen LogP) is 1.72. The molecule has 2 aliphatic rings. The summed E-state index contributed by atoms with van der Waals surface area (Å²) in [6.07, 6.45) is 1.35. The van der Waals surface area contributed by atoms with E-state index in [9.17, 15) is 18.0 Å². The SMILES string of the molecule is Cc1nc(N2CCN(C(=O)C3CCCN(S(=O)(=O)c4ccc(CC(N)=O)cc4)C3)CC2)c2ccccc2n1. The number of sulfonamides is 1. The number of piperidine rings is 1. The minimum absolute atomic E-state index is 0.00471. The third-order valence-corrected chi connectivity index (χ3v) is 9.14. The molecular formula is C27H32N6O4S. The van der Waals surface area contributed by atoms with Crippen molar-refractivity contribution in [2.24, 2.45) is 11.7 Å². The summed E-state index contributed by atoms with van der Waals surface area (Å²) in [5.41, 5.74) is 6.79. The second-order valence-electron chi connectivity index (χ2n) is 9.91. The Morgan fingerprint density at radius 2 is 1.68 bits per heavy atom. The van der Waals surface area contributed by atoms with Gasteiger partial charge in [-0.05, 0) is 49.6 Å². The molecule has 3 aromatic rings. The van der Waals surface area contributed by atoms with E-state index in [4.69, 9.17) is 5.73 Å². The molecule has 0 spiro atoms. The van der Waals surface area contributed by atoms with Crippen molar-refractivity contribution >= 4 is 38.6 Å². The highest BCUT2D eigenvalue weighted by Crippen LogP contribution is 2.28. The van der Waals surface area contributed by atoms with E-state index in [2.05, 4.69) is 14.9 Å². The van der Waals surface area contributed by atoms with Crippen molar-refractivity contribution in [1.29, 1.82) is 0 Å². The smallest absolute Gasteiger partial charge is 0.243 e. The number of aryl methyl sites for hydroxylation is 1. The Morgan fingerprint density at radius 3 is 2.39 bits per heavy atom. The molecule has 0 radical (unpaired) electrons. The molecule has 11 heteroatoms. The molecule has 0 aliphatic carbocycles. The zero-order chi connectivity index (χ0) is 26.9. The van der Waals surface area contributed by atoms with Gasteiger partial charge >= 0.3 is 0 Å². The topological polar surface area (TPSA) is 130 Å². The zero-order valence-corrected chi connectivity index (χ0v) is 22.2. The number of anilines is 1. The van der Waals surface area contributed by atoms with Crippen LogP contribution in [0.25, 0.3) is 10.9 Å². The number of carbonyl (C=O) groups excluding carboxylic acids is 2. The van der Waals surface area contributed by atoms with Crippen molar-refractivity contribution in [3.63, 3.8) is 0 Å². The summed E-state index contributed by atoms with van der Waals surface area (Å²) in [4.78, 5) is 38.0. The molecule has 0 saturated carbocycles. The second kappa shape index (κ2) is 10.7. The van der Waals surface area contributed by atoms with E-state index in [0.29, 0.717) is 57.0 Å². The van der Waals surface area contributed by atoms with Gasteiger partial charge in [0.1, 0.15) is 11.6 Å². The summed E-state index contributed by atoms with van der Waals surface area (Å²) in [6.45, 7) is 4.84. The maximum absolute atomic E-state index is 13.4. The summed E-state index contributed by atoms with van der Waals surface area (Å²) in [7, 11) is -3.75. The average Bonchev–Trinajstić information content (AvgIpc) is 2.92. The van der Waals surface area contributed by atoms with Gasteiger partial charge in [-0.1, -0.05) is 24.3 Å². The molecule has 38 heavy (non-hydrogen) atoms. The normalized spacial score (nSPS) is 19.0. The largest absolute Gasteiger partial charge is 0.369 e. The van der Waals surface area contributed by atoms with Crippen molar-refractivity contribution < 1.29 is 18.0 Å². The first kappa shape index (κ1) is 26.1. The molecule has 2 N–H and O–H groups in total. The number of primary amides is 1. The molecule has 1 aromatic heterocycles. The summed E-state index contributed by atoms with van der Waals surface area (Å²) in [5, 5.41) is 0.994. The lowest BCUT2D eigenvalue weighted by atomic mass is 9.97. The molecule has 2 amide bonds. The number of nitrogens with zero attached hydrogens (tertiary/aromatic N) is 5. The van der Waals surface area contributed by atoms with Gasteiger partial charge in [0.25, 0.3) is 0 Å². The maximum atomic E-state index is 13.4. The van der Waals surface area contributed by atoms with Crippen molar-refractivity contribution in [1.82, 2.24) is 19.2 Å². The van der Waals surface area contributed by atoms with Crippen LogP contribution in [-0.4, -0.2) is 78.7 Å². The molecule has 200 valence electrons. The van der Waals surface area contributed by atoms with Crippen LogP contribution in [0.1, 0.15) is 24.2 Å². The van der Waals surface area contributed by atoms with Gasteiger partial charge in [-0.2, -0.15) is 4.31 Å². The van der Waals surface area contributed by atoms with Crippen LogP contribution in [0.2, 0.25) is 0 Å². The quantitative estimate of drug-likeness (QED) is 0.508. The van der Waals surface area contributed by atoms with E-state index in [0.717, 1.165) is 16.7 Å². The molecular weight excluding hydrogens is 504 g/mol. The van der Waals surface area contributed by atoms with E-state index in [1.54, 1.807) is 12.1 Å². The average molecular weight is 537 g/mol. The van der Waals surface area contributed by atoms with Gasteiger partial charge in [0.15, 0.2) is 0 Å². The highest BCUT2D eigenvalue weighted by atomic mass is 32.2. The van der Waals surface area contributed by atoms with Crippen molar-refractivity contribution in [3.8, 4) is 0 Å². The van der Waals surface area contributed by atoms with Gasteiger partial charge in [0.2, 0.25) is 21.8 Å². The lowest BCUT2D eigenvalue weighted by Crippen LogP contribution is -2.53. The molecule has 3 heterocycles. The Kier molecular flexibility index (Phi) is 7.31. The van der Waals surface area contributed by atoms with Crippen LogP contribution >= 0.6 is 0 Å². The monoisotopic (exact) mass is 536 g/mol. The summed E-state index contributed by atoms with van der Waals surface area (Å²) < 4.78 is 28.0. The number of aromatic nitrogens is 2. The van der Waals surface area contributed by atoms with Crippen molar-refractivity contribution in [3.05, 3.63) is 59.9 Å². The highest BCUT2D eigenvalue weighted by Gasteiger charge is 2.36. The second-order valence-corrected chi connectivity index (χ2v) is 11.9. The third-order valence-electron chi connectivity index (χ3n) is 7.26. The molecule has 5 rings (SSSR count). The first-order chi connectivity index (χ1) is 18.2. The van der Waals surface area contributed by atoms with E-state index >= 15 is 0 Å². The number of rotatable bonds is 6. The molecule has 10 nitrogen and oxygen atoms in total. The van der Waals surface area contributed by atoms with Crippen molar-refractivity contribution in [2.45, 2.75) is 31.1 Å². The fourth-order valence-electron chi connectivity index (χ4n) is 5.30. The van der Waals surface area contributed by atoms with E-state index in [1.165, 1.54) is 16.4 Å².